The molecule has 1 aromatic heterocycles. The number of nitrogens with one attached hydrogen (secondary N) is 1. The van der Waals surface area contributed by atoms with Crippen molar-refractivity contribution in [3.63, 3.8) is 0 Å². The third-order valence-electron chi connectivity index (χ3n) is 3.93. The van der Waals surface area contributed by atoms with E-state index in [1.54, 1.807) is 12.3 Å². The second-order valence-electron chi connectivity index (χ2n) is 5.40. The predicted molar refractivity (Wildman–Crippen MR) is 88.8 cm³/mol. The number of anilines is 1. The Morgan fingerprint density at radius 1 is 1.17 bits per heavy atom. The summed E-state index contributed by atoms with van der Waals surface area (Å²) in [5, 5.41) is 7.25. The van der Waals surface area contributed by atoms with Crippen LogP contribution in [0.3, 0.4) is 0 Å². The van der Waals surface area contributed by atoms with Gasteiger partial charge in [-0.25, -0.2) is 12.8 Å². The summed E-state index contributed by atoms with van der Waals surface area (Å²) in [4.78, 5) is 0.0917. The molecule has 1 N–H and O–H groups in total. The first-order chi connectivity index (χ1) is 11.5. The average molecular weight is 364 g/mol. The van der Waals surface area contributed by atoms with E-state index in [-0.39, 0.29) is 17.1 Å². The maximum Gasteiger partial charge on any atom is 0.264 e. The summed E-state index contributed by atoms with van der Waals surface area (Å²) in [5.41, 5.74) is 2.30. The number of hydrogen-bond donors (Lipinski definition) is 1. The molecule has 122 valence electrons. The molecule has 0 spiro atoms. The van der Waals surface area contributed by atoms with Crippen molar-refractivity contribution in [1.82, 2.24) is 10.2 Å². The number of nitrogens with zero attached hydrogens (tertiary/aromatic N) is 2. The number of H-pyrrole nitrogens is 1. The number of hydrogen-bond acceptors (Lipinski definition) is 3. The fourth-order valence-corrected chi connectivity index (χ4v) is 4.35. The van der Waals surface area contributed by atoms with Gasteiger partial charge in [0.05, 0.1) is 29.0 Å². The van der Waals surface area contributed by atoms with E-state index in [0.717, 1.165) is 5.56 Å². The van der Waals surface area contributed by atoms with Crippen LogP contribution in [0.5, 0.6) is 0 Å². The lowest BCUT2D eigenvalue weighted by Crippen LogP contribution is -2.33. The van der Waals surface area contributed by atoms with Crippen LogP contribution in [0.15, 0.2) is 53.6 Å². The second kappa shape index (κ2) is 5.32. The number of rotatable bonds is 2. The van der Waals surface area contributed by atoms with Gasteiger partial charge in [-0.2, -0.15) is 5.10 Å². The van der Waals surface area contributed by atoms with E-state index < -0.39 is 15.8 Å². The molecule has 0 aliphatic carbocycles. The van der Waals surface area contributed by atoms with Gasteiger partial charge in [0.25, 0.3) is 10.0 Å². The number of benzene rings is 2. The van der Waals surface area contributed by atoms with Gasteiger partial charge in [0.2, 0.25) is 0 Å². The van der Waals surface area contributed by atoms with Gasteiger partial charge in [0.15, 0.2) is 0 Å². The van der Waals surface area contributed by atoms with Crippen LogP contribution >= 0.6 is 11.6 Å². The highest BCUT2D eigenvalue weighted by Gasteiger charge is 2.33. The van der Waals surface area contributed by atoms with Gasteiger partial charge in [-0.05, 0) is 42.5 Å². The van der Waals surface area contributed by atoms with Gasteiger partial charge in [-0.3, -0.25) is 9.40 Å². The Morgan fingerprint density at radius 3 is 2.67 bits per heavy atom. The zero-order valence-electron chi connectivity index (χ0n) is 12.2. The molecule has 0 saturated carbocycles. The summed E-state index contributed by atoms with van der Waals surface area (Å²) in [6.45, 7) is 0.0766. The summed E-state index contributed by atoms with van der Waals surface area (Å²) in [7, 11) is -3.86. The van der Waals surface area contributed by atoms with Crippen LogP contribution in [0.2, 0.25) is 5.02 Å². The standard InChI is InChI=1S/C16H11ClFN3O2S/c17-11-1-4-13(5-2-11)24(22,23)21-9-10-8-19-20-16(10)14-6-3-12(18)7-15(14)21/h1-8H,9H2,(H,19,20). The first-order valence-electron chi connectivity index (χ1n) is 7.07. The quantitative estimate of drug-likeness (QED) is 0.756. The molecule has 8 heteroatoms. The van der Waals surface area contributed by atoms with Crippen molar-refractivity contribution in [3.8, 4) is 11.3 Å². The number of sulfonamides is 1. The lowest BCUT2D eigenvalue weighted by Gasteiger charge is -2.30. The molecule has 0 fully saturated rings. The highest BCUT2D eigenvalue weighted by Crippen LogP contribution is 2.40. The molecule has 2 heterocycles. The molecule has 0 saturated heterocycles. The Bertz CT molecular complexity index is 1030. The summed E-state index contributed by atoms with van der Waals surface area (Å²) in [5.74, 6) is -0.506. The normalized spacial score (nSPS) is 13.5. The molecule has 3 aromatic rings. The van der Waals surface area contributed by atoms with E-state index in [1.807, 2.05) is 0 Å². The van der Waals surface area contributed by atoms with E-state index in [9.17, 15) is 12.8 Å². The highest BCUT2D eigenvalue weighted by atomic mass is 35.5. The summed E-state index contributed by atoms with van der Waals surface area (Å²) >= 11 is 5.83. The van der Waals surface area contributed by atoms with Gasteiger partial charge in [0.1, 0.15) is 5.82 Å². The number of aromatic amines is 1. The van der Waals surface area contributed by atoms with E-state index in [0.29, 0.717) is 16.3 Å². The van der Waals surface area contributed by atoms with Gasteiger partial charge in [-0.1, -0.05) is 11.6 Å². The van der Waals surface area contributed by atoms with Crippen molar-refractivity contribution in [2.45, 2.75) is 11.4 Å². The second-order valence-corrected chi connectivity index (χ2v) is 7.70. The molecule has 1 aliphatic heterocycles. The van der Waals surface area contributed by atoms with Crippen molar-refractivity contribution in [2.24, 2.45) is 0 Å². The van der Waals surface area contributed by atoms with Gasteiger partial charge in [-0.15, -0.1) is 0 Å². The van der Waals surface area contributed by atoms with Crippen LogP contribution < -0.4 is 4.31 Å². The van der Waals surface area contributed by atoms with Crippen LogP contribution in [0.25, 0.3) is 11.3 Å². The molecule has 1 aliphatic rings. The topological polar surface area (TPSA) is 66.1 Å². The molecular weight excluding hydrogens is 353 g/mol. The molecule has 0 radical (unpaired) electrons. The Labute approximate surface area is 142 Å². The maximum atomic E-state index is 13.7. The number of aromatic nitrogens is 2. The van der Waals surface area contributed by atoms with E-state index in [2.05, 4.69) is 10.2 Å². The van der Waals surface area contributed by atoms with Crippen molar-refractivity contribution in [1.29, 1.82) is 0 Å². The molecule has 0 bridgehead atoms. The average Bonchev–Trinajstić information content (AvgIpc) is 3.02. The minimum absolute atomic E-state index is 0.0766. The summed E-state index contributed by atoms with van der Waals surface area (Å²) in [6.07, 6.45) is 1.58. The van der Waals surface area contributed by atoms with Crippen LogP contribution in [0.1, 0.15) is 5.56 Å². The number of halogens is 2. The Balaban J connectivity index is 1.91. The zero-order chi connectivity index (χ0) is 16.9. The monoisotopic (exact) mass is 363 g/mol. The Hall–Kier alpha value is -2.38. The van der Waals surface area contributed by atoms with Gasteiger partial charge < -0.3 is 0 Å². The lowest BCUT2D eigenvalue weighted by molar-refractivity contribution is 0.589. The minimum atomic E-state index is -3.86. The van der Waals surface area contributed by atoms with Crippen LogP contribution in [0.4, 0.5) is 10.1 Å². The van der Waals surface area contributed by atoms with E-state index >= 15 is 0 Å². The van der Waals surface area contributed by atoms with Crippen LogP contribution in [-0.4, -0.2) is 18.6 Å². The SMILES string of the molecule is O=S(=O)(c1ccc(Cl)cc1)N1Cc2cn[nH]c2-c2ccc(F)cc21. The first-order valence-corrected chi connectivity index (χ1v) is 8.89. The largest absolute Gasteiger partial charge is 0.277 e. The fraction of sp³-hybridized carbons (Fsp3) is 0.0625. The number of fused-ring (bicyclic) bond motifs is 3. The van der Waals surface area contributed by atoms with Gasteiger partial charge in [0, 0.05) is 16.1 Å². The van der Waals surface area contributed by atoms with Gasteiger partial charge >= 0.3 is 0 Å². The van der Waals surface area contributed by atoms with E-state index in [1.165, 1.54) is 40.7 Å². The first kappa shape index (κ1) is 15.2. The summed E-state index contributed by atoms with van der Waals surface area (Å²) in [6, 6.07) is 9.94. The minimum Gasteiger partial charge on any atom is -0.277 e. The molecular formula is C16H11ClFN3O2S. The molecule has 0 unspecified atom stereocenters. The fourth-order valence-electron chi connectivity index (χ4n) is 2.77. The van der Waals surface area contributed by atoms with E-state index in [4.69, 9.17) is 11.6 Å². The maximum absolute atomic E-state index is 13.7. The molecule has 24 heavy (non-hydrogen) atoms. The smallest absolute Gasteiger partial charge is 0.264 e. The Morgan fingerprint density at radius 2 is 1.92 bits per heavy atom. The zero-order valence-corrected chi connectivity index (χ0v) is 13.8. The lowest BCUT2D eigenvalue weighted by atomic mass is 10.0. The van der Waals surface area contributed by atoms with Crippen molar-refractivity contribution >= 4 is 27.3 Å². The molecule has 5 nitrogen and oxygen atoms in total. The molecule has 0 amide bonds. The third kappa shape index (κ3) is 2.28. The molecule has 4 rings (SSSR count). The highest BCUT2D eigenvalue weighted by molar-refractivity contribution is 7.92. The van der Waals surface area contributed by atoms with Crippen molar-refractivity contribution in [2.75, 3.05) is 4.31 Å². The summed E-state index contributed by atoms with van der Waals surface area (Å²) < 4.78 is 41.0. The Kier molecular flexibility index (Phi) is 3.36. The van der Waals surface area contributed by atoms with Crippen molar-refractivity contribution in [3.05, 3.63) is 65.1 Å². The third-order valence-corrected chi connectivity index (χ3v) is 5.96. The van der Waals surface area contributed by atoms with Crippen LogP contribution in [0, 0.1) is 5.82 Å². The molecule has 2 aromatic carbocycles. The van der Waals surface area contributed by atoms with Crippen LogP contribution in [-0.2, 0) is 16.6 Å². The predicted octanol–water partition coefficient (Wildman–Crippen LogP) is 3.58. The van der Waals surface area contributed by atoms with Crippen molar-refractivity contribution < 1.29 is 12.8 Å². The molecule has 0 atom stereocenters.